The van der Waals surface area contributed by atoms with Gasteiger partial charge < -0.3 is 19.3 Å². The number of aromatic nitrogens is 2. The lowest BCUT2D eigenvalue weighted by Crippen LogP contribution is -2.44. The van der Waals surface area contributed by atoms with Gasteiger partial charge in [-0.05, 0) is 18.7 Å². The van der Waals surface area contributed by atoms with E-state index in [4.69, 9.17) is 9.47 Å². The van der Waals surface area contributed by atoms with Crippen LogP contribution in [0.15, 0.2) is 47.4 Å². The molecule has 202 valence electrons. The normalized spacial score (nSPS) is 18.2. The molecule has 12 nitrogen and oxygen atoms in total. The molecule has 0 radical (unpaired) electrons. The second kappa shape index (κ2) is 10.2. The number of fused-ring (bicyclic) bond motifs is 1. The highest BCUT2D eigenvalue weighted by molar-refractivity contribution is 7.90. The topological polar surface area (TPSA) is 117 Å². The number of nitrogens with zero attached hydrogens (tertiary/aromatic N) is 6. The van der Waals surface area contributed by atoms with Crippen molar-refractivity contribution in [1.29, 1.82) is 0 Å². The number of benzene rings is 1. The number of anilines is 2. The monoisotopic (exact) mass is 542 g/mol. The minimum atomic E-state index is -3.84. The number of hydrogen-bond donors (Lipinski definition) is 0. The fourth-order valence-electron chi connectivity index (χ4n) is 4.58. The zero-order valence-corrected chi connectivity index (χ0v) is 22.3. The molecule has 3 aromatic rings. The number of hydrogen-bond acceptors (Lipinski definition) is 9. The molecule has 13 heteroatoms. The lowest BCUT2D eigenvalue weighted by Gasteiger charge is -2.34. The van der Waals surface area contributed by atoms with E-state index in [1.807, 2.05) is 37.4 Å². The summed E-state index contributed by atoms with van der Waals surface area (Å²) in [6.07, 6.45) is 1.63. The quantitative estimate of drug-likeness (QED) is 0.417. The summed E-state index contributed by atoms with van der Waals surface area (Å²) in [6.45, 7) is 3.53. The lowest BCUT2D eigenvalue weighted by atomic mass is 10.2. The van der Waals surface area contributed by atoms with E-state index < -0.39 is 21.7 Å². The Morgan fingerprint density at radius 3 is 2.37 bits per heavy atom. The van der Waals surface area contributed by atoms with E-state index in [1.165, 1.54) is 27.2 Å². The largest absolute Gasteiger partial charge is 0.481 e. The van der Waals surface area contributed by atoms with Gasteiger partial charge in [-0.3, -0.25) is 13.5 Å². The maximum atomic E-state index is 13.9. The molecule has 0 aliphatic carbocycles. The molecule has 0 amide bonds. The van der Waals surface area contributed by atoms with Gasteiger partial charge in [-0.2, -0.15) is 12.7 Å². The van der Waals surface area contributed by atoms with Crippen LogP contribution >= 0.6 is 0 Å². The third kappa shape index (κ3) is 4.68. The molecule has 2 aromatic heterocycles. The summed E-state index contributed by atoms with van der Waals surface area (Å²) in [5.41, 5.74) is 0.766. The fourth-order valence-corrected chi connectivity index (χ4v) is 5.93. The van der Waals surface area contributed by atoms with Crippen molar-refractivity contribution in [3.63, 3.8) is 0 Å². The highest BCUT2D eigenvalue weighted by Crippen LogP contribution is 2.32. The second-order valence-corrected chi connectivity index (χ2v) is 11.3. The summed E-state index contributed by atoms with van der Waals surface area (Å²) in [7, 11) is 0.881. The van der Waals surface area contributed by atoms with Crippen LogP contribution in [0.25, 0.3) is 5.65 Å². The SMILES string of the molecule is COC(=O)c1nc2c(N3CCN(C)S3(=O)=O)cc(N3CCN(C)CC3)cn2c(=O)c1OCc1ccccc1. The Bertz CT molecular complexity index is 1520. The van der Waals surface area contributed by atoms with Gasteiger partial charge in [0.05, 0.1) is 18.5 Å². The molecule has 0 spiro atoms. The molecule has 4 heterocycles. The molecule has 1 aromatic carbocycles. The molecule has 0 bridgehead atoms. The first-order chi connectivity index (χ1) is 18.2. The molecule has 0 N–H and O–H groups in total. The molecular weight excluding hydrogens is 512 g/mol. The van der Waals surface area contributed by atoms with E-state index in [2.05, 4.69) is 14.8 Å². The lowest BCUT2D eigenvalue weighted by molar-refractivity contribution is 0.0588. The van der Waals surface area contributed by atoms with Crippen molar-refractivity contribution in [2.45, 2.75) is 6.61 Å². The molecule has 2 saturated heterocycles. The standard InChI is InChI=1S/C25H30N6O6S/c1-27-9-12-29(13-10-27)19-15-20(31-14-11-28(2)38(31,34)35)23-26-21(25(33)36-3)22(24(32)30(23)16-19)37-17-18-7-5-4-6-8-18/h4-8,15-16H,9-14,17H2,1-3H3. The molecule has 38 heavy (non-hydrogen) atoms. The number of piperazine rings is 1. The van der Waals surface area contributed by atoms with Crippen LogP contribution < -0.4 is 19.5 Å². The minimum Gasteiger partial charge on any atom is -0.481 e. The number of carbonyl (C=O) groups is 1. The highest BCUT2D eigenvalue weighted by Gasteiger charge is 2.37. The summed E-state index contributed by atoms with van der Waals surface area (Å²) in [4.78, 5) is 35.3. The molecular formula is C25H30N6O6S. The average Bonchev–Trinajstić information content (AvgIpc) is 3.19. The maximum absolute atomic E-state index is 13.9. The highest BCUT2D eigenvalue weighted by atomic mass is 32.2. The number of pyridine rings is 1. The van der Waals surface area contributed by atoms with Gasteiger partial charge in [0.2, 0.25) is 5.75 Å². The Morgan fingerprint density at radius 2 is 1.74 bits per heavy atom. The van der Waals surface area contributed by atoms with Crippen molar-refractivity contribution >= 4 is 33.2 Å². The van der Waals surface area contributed by atoms with E-state index in [-0.39, 0.29) is 42.5 Å². The number of likely N-dealkylation sites (N-methyl/N-ethyl adjacent to an activating group) is 2. The third-order valence-corrected chi connectivity index (χ3v) is 8.79. The van der Waals surface area contributed by atoms with Gasteiger partial charge in [-0.15, -0.1) is 0 Å². The van der Waals surface area contributed by atoms with E-state index in [9.17, 15) is 18.0 Å². The van der Waals surface area contributed by atoms with Crippen LogP contribution in [0.4, 0.5) is 11.4 Å². The second-order valence-electron chi connectivity index (χ2n) is 9.33. The van der Waals surface area contributed by atoms with Gasteiger partial charge in [0.1, 0.15) is 6.61 Å². The first-order valence-corrected chi connectivity index (χ1v) is 13.6. The summed E-state index contributed by atoms with van der Waals surface area (Å²) in [6, 6.07) is 10.9. The fraction of sp³-hybridized carbons (Fsp3) is 0.400. The molecule has 2 aliphatic heterocycles. The molecule has 0 atom stereocenters. The number of methoxy groups -OCH3 is 1. The van der Waals surface area contributed by atoms with E-state index in [1.54, 1.807) is 12.3 Å². The summed E-state index contributed by atoms with van der Waals surface area (Å²) in [5, 5.41) is 0. The Morgan fingerprint density at radius 1 is 1.03 bits per heavy atom. The van der Waals surface area contributed by atoms with Crippen molar-refractivity contribution in [2.75, 3.05) is 69.7 Å². The molecule has 5 rings (SSSR count). The summed E-state index contributed by atoms with van der Waals surface area (Å²) >= 11 is 0. The van der Waals surface area contributed by atoms with Crippen LogP contribution in [0, 0.1) is 0 Å². The van der Waals surface area contributed by atoms with Crippen LogP contribution in [0.3, 0.4) is 0 Å². The minimum absolute atomic E-state index is 0.0270. The molecule has 0 unspecified atom stereocenters. The smallest absolute Gasteiger partial charge is 0.360 e. The van der Waals surface area contributed by atoms with Gasteiger partial charge in [-0.25, -0.2) is 9.78 Å². The van der Waals surface area contributed by atoms with E-state index in [0.717, 1.165) is 18.7 Å². The predicted octanol–water partition coefficient (Wildman–Crippen LogP) is 0.809. The zero-order valence-electron chi connectivity index (χ0n) is 21.5. The molecule has 0 saturated carbocycles. The Kier molecular flexibility index (Phi) is 6.99. The van der Waals surface area contributed by atoms with Gasteiger partial charge in [-0.1, -0.05) is 30.3 Å². The van der Waals surface area contributed by atoms with Crippen LogP contribution in [0.5, 0.6) is 5.75 Å². The van der Waals surface area contributed by atoms with Crippen LogP contribution in [0.1, 0.15) is 16.1 Å². The van der Waals surface area contributed by atoms with E-state index >= 15 is 0 Å². The van der Waals surface area contributed by atoms with Gasteiger partial charge in [0, 0.05) is 52.5 Å². The van der Waals surface area contributed by atoms with Crippen LogP contribution in [-0.2, 0) is 21.6 Å². The average molecular weight is 543 g/mol. The van der Waals surface area contributed by atoms with Crippen molar-refractivity contribution in [3.8, 4) is 5.75 Å². The molecule has 2 aliphatic rings. The first kappa shape index (κ1) is 25.9. The third-order valence-electron chi connectivity index (χ3n) is 6.88. The van der Waals surface area contributed by atoms with Crippen molar-refractivity contribution in [3.05, 3.63) is 64.2 Å². The van der Waals surface area contributed by atoms with Gasteiger partial charge in [0.15, 0.2) is 11.3 Å². The van der Waals surface area contributed by atoms with Crippen LogP contribution in [-0.4, -0.2) is 93.5 Å². The van der Waals surface area contributed by atoms with Crippen molar-refractivity contribution in [2.24, 2.45) is 0 Å². The van der Waals surface area contributed by atoms with Crippen molar-refractivity contribution < 1.29 is 22.7 Å². The number of esters is 1. The zero-order chi connectivity index (χ0) is 27.0. The Balaban J connectivity index is 1.71. The summed E-state index contributed by atoms with van der Waals surface area (Å²) in [5.74, 6) is -1.12. The maximum Gasteiger partial charge on any atom is 0.360 e. The van der Waals surface area contributed by atoms with Gasteiger partial charge >= 0.3 is 21.7 Å². The number of ether oxygens (including phenoxy) is 2. The molecule has 2 fully saturated rings. The Hall–Kier alpha value is -3.68. The van der Waals surface area contributed by atoms with E-state index in [0.29, 0.717) is 18.8 Å². The number of rotatable bonds is 6. The Labute approximate surface area is 220 Å². The first-order valence-electron chi connectivity index (χ1n) is 12.2. The van der Waals surface area contributed by atoms with Crippen LogP contribution in [0.2, 0.25) is 0 Å². The number of carbonyl (C=O) groups excluding carboxylic acids is 1. The predicted molar refractivity (Wildman–Crippen MR) is 142 cm³/mol. The van der Waals surface area contributed by atoms with Gasteiger partial charge in [0.25, 0.3) is 0 Å². The van der Waals surface area contributed by atoms with Crippen molar-refractivity contribution in [1.82, 2.24) is 18.6 Å². The summed E-state index contributed by atoms with van der Waals surface area (Å²) < 4.78 is 40.8.